The first kappa shape index (κ1) is 10.4. The van der Waals surface area contributed by atoms with Gasteiger partial charge in [0.2, 0.25) is 0 Å². The van der Waals surface area contributed by atoms with Crippen molar-refractivity contribution in [2.45, 2.75) is 20.4 Å². The maximum absolute atomic E-state index is 11.4. The Bertz CT molecular complexity index is 372. The van der Waals surface area contributed by atoms with Gasteiger partial charge in [-0.2, -0.15) is 4.98 Å². The third-order valence-corrected chi connectivity index (χ3v) is 3.03. The van der Waals surface area contributed by atoms with Crippen molar-refractivity contribution in [1.82, 2.24) is 9.55 Å². The fourth-order valence-corrected chi connectivity index (χ4v) is 1.47. The Hall–Kier alpha value is -0.680. The fourth-order valence-electron chi connectivity index (χ4n) is 1.17. The fraction of sp³-hybridized carbons (Fsp3) is 0.500. The predicted octanol–water partition coefficient (Wildman–Crippen LogP) is 0.581. The van der Waals surface area contributed by atoms with Gasteiger partial charge in [0.05, 0.1) is 10.2 Å². The van der Waals surface area contributed by atoms with E-state index < -0.39 is 0 Å². The Labute approximate surface area is 84.9 Å². The highest BCUT2D eigenvalue weighted by molar-refractivity contribution is 9.10. The van der Waals surface area contributed by atoms with Crippen LogP contribution in [0.4, 0.5) is 0 Å². The van der Waals surface area contributed by atoms with Crippen LogP contribution in [-0.4, -0.2) is 16.1 Å². The third kappa shape index (κ3) is 1.97. The Balaban J connectivity index is 3.35. The van der Waals surface area contributed by atoms with Gasteiger partial charge in [-0.05, 0) is 29.8 Å². The molecule has 0 radical (unpaired) electrons. The lowest BCUT2D eigenvalue weighted by Crippen LogP contribution is -2.29. The molecule has 13 heavy (non-hydrogen) atoms. The molecule has 0 spiro atoms. The van der Waals surface area contributed by atoms with Crippen molar-refractivity contribution in [1.29, 1.82) is 0 Å². The summed E-state index contributed by atoms with van der Waals surface area (Å²) < 4.78 is 2.44. The summed E-state index contributed by atoms with van der Waals surface area (Å²) in [5, 5.41) is 0. The monoisotopic (exact) mass is 245 g/mol. The van der Waals surface area contributed by atoms with E-state index in [0.717, 1.165) is 15.9 Å². The van der Waals surface area contributed by atoms with Gasteiger partial charge in [0.25, 0.3) is 0 Å². The van der Waals surface area contributed by atoms with Crippen LogP contribution in [0.5, 0.6) is 0 Å². The summed E-state index contributed by atoms with van der Waals surface area (Å²) in [7, 11) is 0. The van der Waals surface area contributed by atoms with E-state index >= 15 is 0 Å². The summed E-state index contributed by atoms with van der Waals surface area (Å²) in [6.45, 7) is 4.62. The Morgan fingerprint density at radius 2 is 2.15 bits per heavy atom. The van der Waals surface area contributed by atoms with Gasteiger partial charge in [0, 0.05) is 18.8 Å². The number of hydrogen-bond acceptors (Lipinski definition) is 3. The second-order valence-corrected chi connectivity index (χ2v) is 3.61. The number of halogens is 1. The maximum atomic E-state index is 11.4. The quantitative estimate of drug-likeness (QED) is 0.830. The highest BCUT2D eigenvalue weighted by Crippen LogP contribution is 2.16. The average Bonchev–Trinajstić information content (AvgIpc) is 2.09. The Morgan fingerprint density at radius 1 is 1.54 bits per heavy atom. The summed E-state index contributed by atoms with van der Waals surface area (Å²) in [5.41, 5.74) is 6.75. The van der Waals surface area contributed by atoms with Gasteiger partial charge in [-0.25, -0.2) is 4.79 Å². The van der Waals surface area contributed by atoms with Crippen LogP contribution in [-0.2, 0) is 6.54 Å². The van der Waals surface area contributed by atoms with Crippen molar-refractivity contribution in [3.8, 4) is 0 Å². The summed E-state index contributed by atoms with van der Waals surface area (Å²) in [6.07, 6.45) is 0. The molecule has 0 unspecified atom stereocenters. The number of nitrogens with two attached hydrogens (primary N) is 1. The molecule has 0 saturated carbocycles. The third-order valence-electron chi connectivity index (χ3n) is 1.89. The molecule has 1 rings (SSSR count). The molecular formula is C8H12BrN3O. The first-order chi connectivity index (χ1) is 6.07. The Kier molecular flexibility index (Phi) is 3.22. The molecule has 1 aromatic heterocycles. The zero-order valence-corrected chi connectivity index (χ0v) is 9.26. The molecular weight excluding hydrogens is 234 g/mol. The van der Waals surface area contributed by atoms with Crippen LogP contribution >= 0.6 is 15.9 Å². The molecule has 72 valence electrons. The molecule has 5 heteroatoms. The van der Waals surface area contributed by atoms with Gasteiger partial charge in [0.1, 0.15) is 0 Å². The molecule has 0 aliphatic carbocycles. The minimum atomic E-state index is -0.233. The molecule has 2 N–H and O–H groups in total. The van der Waals surface area contributed by atoms with Gasteiger partial charge in [-0.15, -0.1) is 0 Å². The van der Waals surface area contributed by atoms with Gasteiger partial charge in [-0.3, -0.25) is 4.57 Å². The van der Waals surface area contributed by atoms with E-state index in [-0.39, 0.29) is 5.69 Å². The first-order valence-electron chi connectivity index (χ1n) is 4.01. The largest absolute Gasteiger partial charge is 0.348 e. The van der Waals surface area contributed by atoms with Crippen LogP contribution in [0.2, 0.25) is 0 Å². The summed E-state index contributed by atoms with van der Waals surface area (Å²) >= 11 is 3.37. The Morgan fingerprint density at radius 3 is 2.69 bits per heavy atom. The van der Waals surface area contributed by atoms with E-state index in [1.165, 1.54) is 0 Å². The van der Waals surface area contributed by atoms with E-state index in [0.29, 0.717) is 13.1 Å². The second-order valence-electron chi connectivity index (χ2n) is 2.82. The molecule has 4 nitrogen and oxygen atoms in total. The van der Waals surface area contributed by atoms with Crippen molar-refractivity contribution in [2.24, 2.45) is 5.73 Å². The van der Waals surface area contributed by atoms with Crippen molar-refractivity contribution >= 4 is 15.9 Å². The molecule has 0 atom stereocenters. The number of aromatic nitrogens is 2. The standard InChI is InChI=1S/C8H12BrN3O/c1-5-7(9)6(2)12(4-3-10)8(13)11-5/h3-4,10H2,1-2H3. The topological polar surface area (TPSA) is 60.9 Å². The molecule has 0 aromatic carbocycles. The highest BCUT2D eigenvalue weighted by Gasteiger charge is 2.07. The molecule has 1 heterocycles. The van der Waals surface area contributed by atoms with E-state index in [4.69, 9.17) is 5.73 Å². The summed E-state index contributed by atoms with van der Waals surface area (Å²) in [4.78, 5) is 15.2. The van der Waals surface area contributed by atoms with Crippen LogP contribution in [0.15, 0.2) is 9.27 Å². The highest BCUT2D eigenvalue weighted by atomic mass is 79.9. The van der Waals surface area contributed by atoms with Crippen LogP contribution in [0.25, 0.3) is 0 Å². The second kappa shape index (κ2) is 4.02. The minimum absolute atomic E-state index is 0.233. The lowest BCUT2D eigenvalue weighted by Gasteiger charge is -2.10. The number of rotatable bonds is 2. The normalized spacial score (nSPS) is 10.5. The van der Waals surface area contributed by atoms with E-state index in [1.54, 1.807) is 11.5 Å². The maximum Gasteiger partial charge on any atom is 0.348 e. The van der Waals surface area contributed by atoms with E-state index in [9.17, 15) is 4.79 Å². The molecule has 0 aliphatic heterocycles. The molecule has 1 aromatic rings. The lowest BCUT2D eigenvalue weighted by molar-refractivity contribution is 0.631. The van der Waals surface area contributed by atoms with Crippen LogP contribution in [0, 0.1) is 13.8 Å². The smallest absolute Gasteiger partial charge is 0.329 e. The van der Waals surface area contributed by atoms with Crippen molar-refractivity contribution in [3.63, 3.8) is 0 Å². The van der Waals surface area contributed by atoms with Crippen molar-refractivity contribution < 1.29 is 0 Å². The van der Waals surface area contributed by atoms with Gasteiger partial charge >= 0.3 is 5.69 Å². The van der Waals surface area contributed by atoms with E-state index in [1.807, 2.05) is 6.92 Å². The van der Waals surface area contributed by atoms with Crippen molar-refractivity contribution in [2.75, 3.05) is 6.54 Å². The molecule has 0 bridgehead atoms. The van der Waals surface area contributed by atoms with Crippen LogP contribution < -0.4 is 11.4 Å². The van der Waals surface area contributed by atoms with Gasteiger partial charge in [0.15, 0.2) is 0 Å². The number of nitrogens with zero attached hydrogens (tertiary/aromatic N) is 2. The number of aryl methyl sites for hydroxylation is 1. The average molecular weight is 246 g/mol. The summed E-state index contributed by atoms with van der Waals surface area (Å²) in [5.74, 6) is 0. The predicted molar refractivity (Wildman–Crippen MR) is 54.7 cm³/mol. The van der Waals surface area contributed by atoms with Crippen molar-refractivity contribution in [3.05, 3.63) is 26.3 Å². The molecule has 0 saturated heterocycles. The number of hydrogen-bond donors (Lipinski definition) is 1. The van der Waals surface area contributed by atoms with Gasteiger partial charge < -0.3 is 5.73 Å². The van der Waals surface area contributed by atoms with Crippen LogP contribution in [0.3, 0.4) is 0 Å². The minimum Gasteiger partial charge on any atom is -0.329 e. The molecule has 0 aliphatic rings. The lowest BCUT2D eigenvalue weighted by atomic mass is 10.3. The zero-order valence-electron chi connectivity index (χ0n) is 7.67. The first-order valence-corrected chi connectivity index (χ1v) is 4.81. The SMILES string of the molecule is Cc1nc(=O)n(CCN)c(C)c1Br. The molecule has 0 amide bonds. The molecule has 0 fully saturated rings. The van der Waals surface area contributed by atoms with E-state index in [2.05, 4.69) is 20.9 Å². The van der Waals surface area contributed by atoms with Crippen LogP contribution in [0.1, 0.15) is 11.4 Å². The summed E-state index contributed by atoms with van der Waals surface area (Å²) in [6, 6.07) is 0. The van der Waals surface area contributed by atoms with Gasteiger partial charge in [-0.1, -0.05) is 0 Å². The zero-order chi connectivity index (χ0) is 10.0.